The summed E-state index contributed by atoms with van der Waals surface area (Å²) in [4.78, 5) is 0. The lowest BCUT2D eigenvalue weighted by Crippen LogP contribution is -1.78. The molecule has 0 bridgehead atoms. The highest BCUT2D eigenvalue weighted by Gasteiger charge is 1.88. The van der Waals surface area contributed by atoms with Crippen LogP contribution in [0.5, 0.6) is 0 Å². The van der Waals surface area contributed by atoms with Crippen molar-refractivity contribution in [2.45, 2.75) is 20.3 Å². The van der Waals surface area contributed by atoms with Gasteiger partial charge >= 0.3 is 0 Å². The molecule has 0 radical (unpaired) electrons. The van der Waals surface area contributed by atoms with Gasteiger partial charge in [0.15, 0.2) is 0 Å². The van der Waals surface area contributed by atoms with Crippen LogP contribution in [-0.2, 0) is 0 Å². The van der Waals surface area contributed by atoms with Crippen LogP contribution in [0.4, 0.5) is 0 Å². The molecule has 0 heterocycles. The van der Waals surface area contributed by atoms with Gasteiger partial charge in [0.05, 0.1) is 0 Å². The number of allylic oxidation sites excluding steroid dienone is 4. The maximum Gasteiger partial charge on any atom is -0.0311 e. The summed E-state index contributed by atoms with van der Waals surface area (Å²) < 4.78 is 0. The van der Waals surface area contributed by atoms with Crippen LogP contribution >= 0.6 is 0 Å². The minimum atomic E-state index is 1.02. The highest BCUT2D eigenvalue weighted by atomic mass is 13.9. The second-order valence-electron chi connectivity index (χ2n) is 2.04. The molecule has 50 valence electrons. The maximum atomic E-state index is 3.88. The molecule has 0 unspecified atom stereocenters. The van der Waals surface area contributed by atoms with Gasteiger partial charge in [0.2, 0.25) is 0 Å². The van der Waals surface area contributed by atoms with Crippen molar-refractivity contribution < 1.29 is 0 Å². The van der Waals surface area contributed by atoms with Crippen molar-refractivity contribution >= 4 is 0 Å². The molecule has 0 N–H and O–H groups in total. The van der Waals surface area contributed by atoms with E-state index in [0.29, 0.717) is 0 Å². The number of rotatable bonds is 3. The fraction of sp³-hybridized carbons (Fsp3) is 0.333. The van der Waals surface area contributed by atoms with Gasteiger partial charge in [-0.1, -0.05) is 37.8 Å². The molecule has 0 saturated heterocycles. The van der Waals surface area contributed by atoms with E-state index in [1.165, 1.54) is 11.1 Å². The summed E-state index contributed by atoms with van der Waals surface area (Å²) in [6.45, 7) is 11.6. The summed E-state index contributed by atoms with van der Waals surface area (Å²) in [5, 5.41) is 0. The minimum absolute atomic E-state index is 1.02. The van der Waals surface area contributed by atoms with Gasteiger partial charge in [0.1, 0.15) is 0 Å². The average Bonchev–Trinajstić information content (AvgIpc) is 1.87. The largest absolute Gasteiger partial charge is 0.0991 e. The predicted molar refractivity (Wildman–Crippen MR) is 43.4 cm³/mol. The topological polar surface area (TPSA) is 0 Å². The Kier molecular flexibility index (Phi) is 3.78. The van der Waals surface area contributed by atoms with Crippen LogP contribution in [-0.4, -0.2) is 0 Å². The molecule has 0 aliphatic rings. The first-order valence-electron chi connectivity index (χ1n) is 3.19. The van der Waals surface area contributed by atoms with E-state index in [-0.39, 0.29) is 0 Å². The molecule has 0 aromatic heterocycles. The van der Waals surface area contributed by atoms with Gasteiger partial charge in [-0.2, -0.15) is 0 Å². The van der Waals surface area contributed by atoms with Crippen molar-refractivity contribution in [3.8, 4) is 0 Å². The second kappa shape index (κ2) is 4.13. The fourth-order valence-corrected chi connectivity index (χ4v) is 0.573. The minimum Gasteiger partial charge on any atom is -0.0991 e. The van der Waals surface area contributed by atoms with E-state index < -0.39 is 0 Å². The van der Waals surface area contributed by atoms with E-state index in [1.807, 2.05) is 13.0 Å². The summed E-state index contributed by atoms with van der Waals surface area (Å²) in [6.07, 6.45) is 4.79. The smallest absolute Gasteiger partial charge is 0.0311 e. The monoisotopic (exact) mass is 122 g/mol. The van der Waals surface area contributed by atoms with Gasteiger partial charge in [0.25, 0.3) is 0 Å². The zero-order valence-electron chi connectivity index (χ0n) is 6.28. The van der Waals surface area contributed by atoms with Crippen LogP contribution in [0, 0.1) is 0 Å². The lowest BCUT2D eigenvalue weighted by molar-refractivity contribution is 1.11. The van der Waals surface area contributed by atoms with Crippen molar-refractivity contribution in [2.75, 3.05) is 0 Å². The normalized spacial score (nSPS) is 11.1. The summed E-state index contributed by atoms with van der Waals surface area (Å²) in [5.74, 6) is 0. The average molecular weight is 122 g/mol. The molecule has 0 spiro atoms. The highest BCUT2D eigenvalue weighted by molar-refractivity contribution is 5.28. The maximum absolute atomic E-state index is 3.88. The molecule has 0 aromatic rings. The summed E-state index contributed by atoms with van der Waals surface area (Å²) in [5.41, 5.74) is 2.42. The molecule has 0 rings (SSSR count). The Hall–Kier alpha value is -0.780. The Morgan fingerprint density at radius 3 is 2.44 bits per heavy atom. The van der Waals surface area contributed by atoms with E-state index in [2.05, 4.69) is 20.1 Å². The van der Waals surface area contributed by atoms with Gasteiger partial charge in [-0.15, -0.1) is 0 Å². The van der Waals surface area contributed by atoms with Gasteiger partial charge in [-0.05, 0) is 18.9 Å². The molecule has 0 aromatic carbocycles. The van der Waals surface area contributed by atoms with Gasteiger partial charge < -0.3 is 0 Å². The van der Waals surface area contributed by atoms with E-state index in [0.717, 1.165) is 6.42 Å². The van der Waals surface area contributed by atoms with Crippen LogP contribution in [0.3, 0.4) is 0 Å². The van der Waals surface area contributed by atoms with Crippen LogP contribution in [0.2, 0.25) is 0 Å². The first-order chi connectivity index (χ1) is 4.22. The van der Waals surface area contributed by atoms with Crippen LogP contribution in [0.15, 0.2) is 36.5 Å². The van der Waals surface area contributed by atoms with Crippen LogP contribution in [0.25, 0.3) is 0 Å². The molecule has 0 atom stereocenters. The fourth-order valence-electron chi connectivity index (χ4n) is 0.573. The van der Waals surface area contributed by atoms with Crippen molar-refractivity contribution in [3.05, 3.63) is 36.5 Å². The molecule has 0 fully saturated rings. The molecular formula is C9H14. The van der Waals surface area contributed by atoms with Crippen molar-refractivity contribution in [1.29, 1.82) is 0 Å². The molecule has 0 aliphatic heterocycles. The quantitative estimate of drug-likeness (QED) is 0.504. The number of hydrogen-bond donors (Lipinski definition) is 0. The Morgan fingerprint density at radius 1 is 1.56 bits per heavy atom. The molecule has 0 heteroatoms. The molecule has 0 saturated carbocycles. The lowest BCUT2D eigenvalue weighted by Gasteiger charge is -1.98. The van der Waals surface area contributed by atoms with Crippen LogP contribution in [0.1, 0.15) is 20.3 Å². The highest BCUT2D eigenvalue weighted by Crippen LogP contribution is 2.09. The van der Waals surface area contributed by atoms with Gasteiger partial charge in [-0.3, -0.25) is 0 Å². The third kappa shape index (κ3) is 2.91. The first kappa shape index (κ1) is 8.22. The van der Waals surface area contributed by atoms with Gasteiger partial charge in [-0.25, -0.2) is 0 Å². The van der Waals surface area contributed by atoms with Crippen LogP contribution < -0.4 is 0 Å². The Morgan fingerprint density at radius 2 is 2.11 bits per heavy atom. The van der Waals surface area contributed by atoms with E-state index >= 15 is 0 Å². The Labute approximate surface area is 57.6 Å². The van der Waals surface area contributed by atoms with E-state index in [1.54, 1.807) is 6.08 Å². The third-order valence-electron chi connectivity index (χ3n) is 1.35. The standard InChI is InChI=1S/C9H14/c1-5-7-9(4)8(3)6-2/h5,7H,1,3,6H2,2,4H3/b9-7+. The first-order valence-corrected chi connectivity index (χ1v) is 3.19. The molecule has 0 nitrogen and oxygen atoms in total. The lowest BCUT2D eigenvalue weighted by atomic mass is 10.1. The zero-order chi connectivity index (χ0) is 7.28. The zero-order valence-corrected chi connectivity index (χ0v) is 6.28. The summed E-state index contributed by atoms with van der Waals surface area (Å²) in [6, 6.07) is 0. The number of hydrogen-bond acceptors (Lipinski definition) is 0. The van der Waals surface area contributed by atoms with E-state index in [9.17, 15) is 0 Å². The van der Waals surface area contributed by atoms with Crippen molar-refractivity contribution in [2.24, 2.45) is 0 Å². The Bertz CT molecular complexity index is 138. The van der Waals surface area contributed by atoms with E-state index in [4.69, 9.17) is 0 Å². The Balaban J connectivity index is 4.01. The summed E-state index contributed by atoms with van der Waals surface area (Å²) >= 11 is 0. The van der Waals surface area contributed by atoms with Gasteiger partial charge in [0, 0.05) is 0 Å². The third-order valence-corrected chi connectivity index (χ3v) is 1.35. The molecular weight excluding hydrogens is 108 g/mol. The molecule has 0 amide bonds. The SMILES string of the molecule is C=C/C=C(\C)C(=C)CC. The van der Waals surface area contributed by atoms with Crippen molar-refractivity contribution in [1.82, 2.24) is 0 Å². The molecule has 9 heavy (non-hydrogen) atoms. The summed E-state index contributed by atoms with van der Waals surface area (Å²) in [7, 11) is 0. The molecule has 0 aliphatic carbocycles. The van der Waals surface area contributed by atoms with Crippen molar-refractivity contribution in [3.63, 3.8) is 0 Å². The second-order valence-corrected chi connectivity index (χ2v) is 2.04. The predicted octanol–water partition coefficient (Wildman–Crippen LogP) is 3.08.